The average molecular weight is 238 g/mol. The highest BCUT2D eigenvalue weighted by Crippen LogP contribution is 2.04. The zero-order valence-electron chi connectivity index (χ0n) is 9.98. The molecule has 17 heavy (non-hydrogen) atoms. The molecular formula is C12H18N2O3. The third-order valence-electron chi connectivity index (χ3n) is 2.44. The Morgan fingerprint density at radius 2 is 2.24 bits per heavy atom. The minimum absolute atomic E-state index is 0.0542. The van der Waals surface area contributed by atoms with Crippen LogP contribution in [0, 0.1) is 0 Å². The first-order valence-electron chi connectivity index (χ1n) is 5.80. The van der Waals surface area contributed by atoms with Crippen LogP contribution in [0.2, 0.25) is 0 Å². The van der Waals surface area contributed by atoms with Crippen molar-refractivity contribution in [2.45, 2.75) is 32.7 Å². The van der Waals surface area contributed by atoms with Gasteiger partial charge in [-0.05, 0) is 18.6 Å². The fourth-order valence-electron chi connectivity index (χ4n) is 1.52. The molecule has 5 nitrogen and oxygen atoms in total. The van der Waals surface area contributed by atoms with Crippen LogP contribution < -0.4 is 5.32 Å². The molecule has 1 rings (SSSR count). The number of rotatable bonds is 7. The molecule has 0 saturated carbocycles. The molecule has 1 aromatic heterocycles. The molecule has 1 amide bonds. The number of aliphatic carboxylic acids is 1. The summed E-state index contributed by atoms with van der Waals surface area (Å²) in [5.41, 5.74) is 0.587. The molecule has 0 spiro atoms. The van der Waals surface area contributed by atoms with Crippen LogP contribution in [0.5, 0.6) is 0 Å². The molecule has 2 N–H and O–H groups in total. The number of aromatic nitrogens is 1. The van der Waals surface area contributed by atoms with Crippen LogP contribution in [0.15, 0.2) is 18.3 Å². The monoisotopic (exact) mass is 238 g/mol. The number of nitrogens with one attached hydrogen (secondary N) is 1. The first-order chi connectivity index (χ1) is 8.15. The molecule has 0 radical (unpaired) electrons. The molecule has 5 heteroatoms. The van der Waals surface area contributed by atoms with E-state index < -0.39 is 5.97 Å². The van der Waals surface area contributed by atoms with E-state index in [4.69, 9.17) is 5.11 Å². The normalized spacial score (nSPS) is 10.2. The number of hydrogen-bond acceptors (Lipinski definition) is 2. The lowest BCUT2D eigenvalue weighted by Gasteiger charge is -2.08. The van der Waals surface area contributed by atoms with Crippen molar-refractivity contribution in [2.75, 3.05) is 6.54 Å². The van der Waals surface area contributed by atoms with Crippen molar-refractivity contribution >= 4 is 11.9 Å². The number of nitrogens with zero attached hydrogens (tertiary/aromatic N) is 1. The summed E-state index contributed by atoms with van der Waals surface area (Å²) in [6, 6.07) is 3.56. The van der Waals surface area contributed by atoms with Crippen molar-refractivity contribution in [1.29, 1.82) is 0 Å². The second-order valence-electron chi connectivity index (χ2n) is 3.84. The Hall–Kier alpha value is -1.78. The molecule has 0 unspecified atom stereocenters. The van der Waals surface area contributed by atoms with Crippen LogP contribution in [0.3, 0.4) is 0 Å². The molecule has 0 fully saturated rings. The number of carbonyl (C=O) groups is 2. The number of hydrogen-bond donors (Lipinski definition) is 2. The van der Waals surface area contributed by atoms with Gasteiger partial charge in [0, 0.05) is 19.3 Å². The van der Waals surface area contributed by atoms with E-state index in [1.165, 1.54) is 0 Å². The number of unbranched alkanes of at least 4 members (excludes halogenated alkanes) is 1. The highest BCUT2D eigenvalue weighted by Gasteiger charge is 2.10. The predicted octanol–water partition coefficient (Wildman–Crippen LogP) is 1.49. The third kappa shape index (κ3) is 4.30. The van der Waals surface area contributed by atoms with E-state index in [-0.39, 0.29) is 18.9 Å². The Morgan fingerprint density at radius 3 is 2.88 bits per heavy atom. The van der Waals surface area contributed by atoms with Gasteiger partial charge in [0.2, 0.25) is 0 Å². The van der Waals surface area contributed by atoms with Crippen LogP contribution in [-0.4, -0.2) is 28.1 Å². The first-order valence-corrected chi connectivity index (χ1v) is 5.80. The molecule has 0 aliphatic carbocycles. The number of amides is 1. The topological polar surface area (TPSA) is 71.3 Å². The van der Waals surface area contributed by atoms with E-state index in [1.807, 2.05) is 16.8 Å². The van der Waals surface area contributed by atoms with E-state index >= 15 is 0 Å². The van der Waals surface area contributed by atoms with Crippen molar-refractivity contribution in [3.8, 4) is 0 Å². The SMILES string of the molecule is CCCCn1cccc1C(=O)NCCC(=O)O. The Morgan fingerprint density at radius 1 is 1.47 bits per heavy atom. The summed E-state index contributed by atoms with van der Waals surface area (Å²) < 4.78 is 1.89. The Labute approximate surface area is 100 Å². The van der Waals surface area contributed by atoms with Crippen molar-refractivity contribution in [3.05, 3.63) is 24.0 Å². The van der Waals surface area contributed by atoms with E-state index in [2.05, 4.69) is 12.2 Å². The smallest absolute Gasteiger partial charge is 0.305 e. The highest BCUT2D eigenvalue weighted by atomic mass is 16.4. The van der Waals surface area contributed by atoms with Crippen LogP contribution in [0.25, 0.3) is 0 Å². The molecule has 94 valence electrons. The molecule has 1 heterocycles. The highest BCUT2D eigenvalue weighted by molar-refractivity contribution is 5.92. The Balaban J connectivity index is 2.50. The maximum Gasteiger partial charge on any atom is 0.305 e. The van der Waals surface area contributed by atoms with Gasteiger partial charge in [-0.3, -0.25) is 9.59 Å². The van der Waals surface area contributed by atoms with E-state index in [9.17, 15) is 9.59 Å². The van der Waals surface area contributed by atoms with Crippen molar-refractivity contribution in [1.82, 2.24) is 9.88 Å². The quantitative estimate of drug-likeness (QED) is 0.756. The molecule has 0 aliphatic heterocycles. The van der Waals surface area contributed by atoms with Gasteiger partial charge in [0.15, 0.2) is 0 Å². The summed E-state index contributed by atoms with van der Waals surface area (Å²) >= 11 is 0. The van der Waals surface area contributed by atoms with E-state index in [1.54, 1.807) is 6.07 Å². The van der Waals surface area contributed by atoms with Gasteiger partial charge in [0.1, 0.15) is 5.69 Å². The van der Waals surface area contributed by atoms with Crippen LogP contribution in [-0.2, 0) is 11.3 Å². The summed E-state index contributed by atoms with van der Waals surface area (Å²) in [4.78, 5) is 22.1. The molecule has 0 aromatic carbocycles. The molecule has 0 bridgehead atoms. The summed E-state index contributed by atoms with van der Waals surface area (Å²) in [6.07, 6.45) is 3.89. The molecular weight excluding hydrogens is 220 g/mol. The fourth-order valence-corrected chi connectivity index (χ4v) is 1.52. The lowest BCUT2D eigenvalue weighted by molar-refractivity contribution is -0.136. The maximum atomic E-state index is 11.7. The minimum atomic E-state index is -0.910. The van der Waals surface area contributed by atoms with Crippen LogP contribution >= 0.6 is 0 Å². The molecule has 0 aliphatic rings. The summed E-state index contributed by atoms with van der Waals surface area (Å²) in [5, 5.41) is 11.1. The second-order valence-corrected chi connectivity index (χ2v) is 3.84. The van der Waals surface area contributed by atoms with Gasteiger partial charge in [0.25, 0.3) is 5.91 Å². The lowest BCUT2D eigenvalue weighted by atomic mass is 10.3. The van der Waals surface area contributed by atoms with Gasteiger partial charge in [-0.1, -0.05) is 13.3 Å². The van der Waals surface area contributed by atoms with Crippen molar-refractivity contribution in [3.63, 3.8) is 0 Å². The second kappa shape index (κ2) is 6.73. The molecule has 0 saturated heterocycles. The van der Waals surface area contributed by atoms with Gasteiger partial charge in [-0.15, -0.1) is 0 Å². The summed E-state index contributed by atoms with van der Waals surface area (Å²) in [7, 11) is 0. The zero-order chi connectivity index (χ0) is 12.7. The van der Waals surface area contributed by atoms with Gasteiger partial charge in [-0.25, -0.2) is 0 Å². The lowest BCUT2D eigenvalue weighted by Crippen LogP contribution is -2.28. The standard InChI is InChI=1S/C12H18N2O3/c1-2-3-8-14-9-4-5-10(14)12(17)13-7-6-11(15)16/h4-5,9H,2-3,6-8H2,1H3,(H,13,17)(H,15,16). The number of carboxylic acids is 1. The van der Waals surface area contributed by atoms with Crippen LogP contribution in [0.1, 0.15) is 36.7 Å². The molecule has 1 aromatic rings. The number of aryl methyl sites for hydroxylation is 1. The Kier molecular flexibility index (Phi) is 5.26. The summed E-state index contributed by atoms with van der Waals surface area (Å²) in [5.74, 6) is -1.13. The molecule has 0 atom stereocenters. The first kappa shape index (κ1) is 13.3. The summed E-state index contributed by atoms with van der Waals surface area (Å²) in [6.45, 7) is 3.06. The van der Waals surface area contributed by atoms with Crippen molar-refractivity contribution in [2.24, 2.45) is 0 Å². The van der Waals surface area contributed by atoms with Crippen LogP contribution in [0.4, 0.5) is 0 Å². The Bertz CT molecular complexity index is 385. The van der Waals surface area contributed by atoms with E-state index in [0.29, 0.717) is 5.69 Å². The van der Waals surface area contributed by atoms with Gasteiger partial charge < -0.3 is 15.0 Å². The number of carbonyl (C=O) groups excluding carboxylic acids is 1. The average Bonchev–Trinajstić information content (AvgIpc) is 2.73. The maximum absolute atomic E-state index is 11.7. The predicted molar refractivity (Wildman–Crippen MR) is 63.9 cm³/mol. The minimum Gasteiger partial charge on any atom is -0.481 e. The van der Waals surface area contributed by atoms with Crippen molar-refractivity contribution < 1.29 is 14.7 Å². The zero-order valence-corrected chi connectivity index (χ0v) is 9.98. The largest absolute Gasteiger partial charge is 0.481 e. The van der Waals surface area contributed by atoms with Gasteiger partial charge in [-0.2, -0.15) is 0 Å². The van der Waals surface area contributed by atoms with E-state index in [0.717, 1.165) is 19.4 Å². The van der Waals surface area contributed by atoms with Gasteiger partial charge in [0.05, 0.1) is 6.42 Å². The number of carboxylic acid groups (broad SMARTS) is 1. The third-order valence-corrected chi connectivity index (χ3v) is 2.44. The fraction of sp³-hybridized carbons (Fsp3) is 0.500. The van der Waals surface area contributed by atoms with Gasteiger partial charge >= 0.3 is 5.97 Å².